The van der Waals surface area contributed by atoms with Crippen LogP contribution < -0.4 is 5.56 Å². The number of carbonyl (C=O) groups is 1. The Kier molecular flexibility index (Phi) is 2.36. The summed E-state index contributed by atoms with van der Waals surface area (Å²) in [5.74, 6) is -1.23. The quantitative estimate of drug-likeness (QED) is 0.794. The van der Waals surface area contributed by atoms with E-state index in [1.807, 2.05) is 25.1 Å². The number of nitrogens with zero attached hydrogens (tertiary/aromatic N) is 1. The summed E-state index contributed by atoms with van der Waals surface area (Å²) in [4.78, 5) is 22.0. The van der Waals surface area contributed by atoms with Crippen LogP contribution in [0, 0.1) is 6.92 Å². The van der Waals surface area contributed by atoms with E-state index in [-0.39, 0.29) is 5.56 Å². The van der Waals surface area contributed by atoms with Crippen LogP contribution in [-0.2, 0) is 0 Å². The Hall–Kier alpha value is -2.30. The molecule has 1 aromatic heterocycles. The molecule has 2 rings (SSSR count). The first-order chi connectivity index (χ1) is 7.59. The largest absolute Gasteiger partial charge is 0.477 e. The molecule has 0 amide bonds. The van der Waals surface area contributed by atoms with Crippen molar-refractivity contribution in [3.05, 3.63) is 51.9 Å². The van der Waals surface area contributed by atoms with Crippen LogP contribution in [0.15, 0.2) is 35.3 Å². The molecule has 0 bridgehead atoms. The highest BCUT2D eigenvalue weighted by atomic mass is 16.4. The van der Waals surface area contributed by atoms with Gasteiger partial charge in [-0.3, -0.25) is 14.6 Å². The van der Waals surface area contributed by atoms with E-state index in [1.54, 1.807) is 6.07 Å². The molecule has 16 heavy (non-hydrogen) atoms. The number of aromatic nitrogens is 2. The summed E-state index contributed by atoms with van der Waals surface area (Å²) in [6, 6.07) is 7.38. The maximum absolute atomic E-state index is 11.3. The Labute approximate surface area is 90.9 Å². The predicted octanol–water partition coefficient (Wildman–Crippen LogP) is 1.17. The number of carboxylic acids is 1. The molecule has 0 spiro atoms. The Morgan fingerprint density at radius 1 is 1.38 bits per heavy atom. The molecule has 0 atom stereocenters. The normalized spacial score (nSPS) is 10.3. The first-order valence-corrected chi connectivity index (χ1v) is 4.70. The average molecular weight is 218 g/mol. The molecule has 82 valence electrons. The van der Waals surface area contributed by atoms with Crippen LogP contribution in [0.2, 0.25) is 0 Å². The Morgan fingerprint density at radius 3 is 2.62 bits per heavy atom. The second kappa shape index (κ2) is 3.69. The zero-order valence-corrected chi connectivity index (χ0v) is 8.60. The summed E-state index contributed by atoms with van der Waals surface area (Å²) in [6.07, 6.45) is 1.28. The van der Waals surface area contributed by atoms with E-state index in [4.69, 9.17) is 5.11 Å². The highest BCUT2D eigenvalue weighted by molar-refractivity contribution is 5.86. The summed E-state index contributed by atoms with van der Waals surface area (Å²) in [6.45, 7) is 1.88. The lowest BCUT2D eigenvalue weighted by Crippen LogP contribution is -2.11. The molecular weight excluding hydrogens is 208 g/mol. The van der Waals surface area contributed by atoms with Gasteiger partial charge in [0.1, 0.15) is 5.56 Å². The standard InChI is InChI=1S/C11H10N2O3/c1-7-4-2-3-5-9(7)13-6-8(11(15)16)10(14)12-13/h2-6H,1H3,(H,12,14)(H,15,16). The number of hydrogen-bond acceptors (Lipinski definition) is 2. The fourth-order valence-electron chi connectivity index (χ4n) is 1.51. The summed E-state index contributed by atoms with van der Waals surface area (Å²) in [5, 5.41) is 11.2. The van der Waals surface area contributed by atoms with Crippen molar-refractivity contribution in [1.82, 2.24) is 9.78 Å². The zero-order valence-electron chi connectivity index (χ0n) is 8.60. The molecule has 2 N–H and O–H groups in total. The van der Waals surface area contributed by atoms with Gasteiger partial charge >= 0.3 is 5.97 Å². The average Bonchev–Trinajstić information content (AvgIpc) is 2.61. The molecule has 0 unspecified atom stereocenters. The molecule has 0 aliphatic carbocycles. The lowest BCUT2D eigenvalue weighted by atomic mass is 10.2. The van der Waals surface area contributed by atoms with Gasteiger partial charge in [-0.2, -0.15) is 0 Å². The maximum atomic E-state index is 11.3. The first kappa shape index (κ1) is 10.2. The maximum Gasteiger partial charge on any atom is 0.342 e. The molecule has 0 radical (unpaired) electrons. The number of carboxylic acid groups (broad SMARTS) is 1. The monoisotopic (exact) mass is 218 g/mol. The minimum absolute atomic E-state index is 0.261. The number of aryl methyl sites for hydroxylation is 1. The molecule has 5 heteroatoms. The highest BCUT2D eigenvalue weighted by Crippen LogP contribution is 2.11. The number of aromatic amines is 1. The van der Waals surface area contributed by atoms with Crippen LogP contribution in [-0.4, -0.2) is 20.9 Å². The molecule has 0 saturated heterocycles. The fourth-order valence-corrected chi connectivity index (χ4v) is 1.51. The number of benzene rings is 1. The summed E-state index contributed by atoms with van der Waals surface area (Å²) < 4.78 is 1.42. The first-order valence-electron chi connectivity index (χ1n) is 4.70. The van der Waals surface area contributed by atoms with Crippen molar-refractivity contribution >= 4 is 5.97 Å². The molecular formula is C11H10N2O3. The van der Waals surface area contributed by atoms with Gasteiger partial charge in [0.05, 0.1) is 5.69 Å². The highest BCUT2D eigenvalue weighted by Gasteiger charge is 2.12. The third-order valence-electron chi connectivity index (χ3n) is 2.33. The van der Waals surface area contributed by atoms with E-state index < -0.39 is 11.5 Å². The van der Waals surface area contributed by atoms with Gasteiger partial charge in [-0.15, -0.1) is 0 Å². The Morgan fingerprint density at radius 2 is 2.06 bits per heavy atom. The van der Waals surface area contributed by atoms with Crippen molar-refractivity contribution in [2.24, 2.45) is 0 Å². The lowest BCUT2D eigenvalue weighted by Gasteiger charge is -2.04. The predicted molar refractivity (Wildman–Crippen MR) is 58.1 cm³/mol. The smallest absolute Gasteiger partial charge is 0.342 e. The van der Waals surface area contributed by atoms with Crippen molar-refractivity contribution in [2.45, 2.75) is 6.92 Å². The minimum atomic E-state index is -1.23. The fraction of sp³-hybridized carbons (Fsp3) is 0.0909. The van der Waals surface area contributed by atoms with Crippen LogP contribution in [0.25, 0.3) is 5.69 Å². The van der Waals surface area contributed by atoms with E-state index in [2.05, 4.69) is 5.10 Å². The van der Waals surface area contributed by atoms with E-state index in [9.17, 15) is 9.59 Å². The van der Waals surface area contributed by atoms with E-state index in [1.165, 1.54) is 10.9 Å². The Balaban J connectivity index is 2.59. The SMILES string of the molecule is Cc1ccccc1-n1cc(C(=O)O)c(=O)[nH]1. The van der Waals surface area contributed by atoms with Crippen molar-refractivity contribution in [2.75, 3.05) is 0 Å². The van der Waals surface area contributed by atoms with E-state index in [0.29, 0.717) is 0 Å². The third kappa shape index (κ3) is 1.63. The molecule has 0 saturated carbocycles. The van der Waals surface area contributed by atoms with Crippen LogP contribution in [0.3, 0.4) is 0 Å². The van der Waals surface area contributed by atoms with Crippen molar-refractivity contribution in [3.8, 4) is 5.69 Å². The van der Waals surface area contributed by atoms with Crippen LogP contribution in [0.1, 0.15) is 15.9 Å². The van der Waals surface area contributed by atoms with Gasteiger partial charge in [-0.1, -0.05) is 18.2 Å². The van der Waals surface area contributed by atoms with Gasteiger partial charge in [0.25, 0.3) is 5.56 Å². The zero-order chi connectivity index (χ0) is 11.7. The summed E-state index contributed by atoms with van der Waals surface area (Å²) in [5.41, 5.74) is 0.844. The molecule has 0 aliphatic rings. The summed E-state index contributed by atoms with van der Waals surface area (Å²) >= 11 is 0. The molecule has 2 aromatic rings. The van der Waals surface area contributed by atoms with Gasteiger partial charge in [-0.25, -0.2) is 4.79 Å². The van der Waals surface area contributed by atoms with Crippen LogP contribution >= 0.6 is 0 Å². The minimum Gasteiger partial charge on any atom is -0.477 e. The van der Waals surface area contributed by atoms with Crippen molar-refractivity contribution < 1.29 is 9.90 Å². The van der Waals surface area contributed by atoms with Crippen LogP contribution in [0.4, 0.5) is 0 Å². The molecule has 0 aliphatic heterocycles. The van der Waals surface area contributed by atoms with Crippen LogP contribution in [0.5, 0.6) is 0 Å². The second-order valence-corrected chi connectivity index (χ2v) is 3.45. The number of hydrogen-bond donors (Lipinski definition) is 2. The molecule has 1 heterocycles. The number of para-hydroxylation sites is 1. The van der Waals surface area contributed by atoms with E-state index >= 15 is 0 Å². The van der Waals surface area contributed by atoms with Crippen molar-refractivity contribution in [3.63, 3.8) is 0 Å². The van der Waals surface area contributed by atoms with E-state index in [0.717, 1.165) is 11.3 Å². The molecule has 5 nitrogen and oxygen atoms in total. The third-order valence-corrected chi connectivity index (χ3v) is 2.33. The lowest BCUT2D eigenvalue weighted by molar-refractivity contribution is 0.0695. The Bertz CT molecular complexity index is 595. The van der Waals surface area contributed by atoms with Gasteiger partial charge in [0, 0.05) is 6.20 Å². The van der Waals surface area contributed by atoms with Gasteiger partial charge in [0.15, 0.2) is 0 Å². The van der Waals surface area contributed by atoms with Crippen molar-refractivity contribution in [1.29, 1.82) is 0 Å². The van der Waals surface area contributed by atoms with Gasteiger partial charge in [0.2, 0.25) is 0 Å². The number of nitrogens with one attached hydrogen (secondary N) is 1. The summed E-state index contributed by atoms with van der Waals surface area (Å²) in [7, 11) is 0. The number of H-pyrrole nitrogens is 1. The number of rotatable bonds is 2. The second-order valence-electron chi connectivity index (χ2n) is 3.45. The topological polar surface area (TPSA) is 75.1 Å². The molecule has 1 aromatic carbocycles. The molecule has 0 fully saturated rings. The van der Waals surface area contributed by atoms with Gasteiger partial charge < -0.3 is 5.11 Å². The number of aromatic carboxylic acids is 1. The van der Waals surface area contributed by atoms with Gasteiger partial charge in [-0.05, 0) is 18.6 Å².